The first-order valence-electron chi connectivity index (χ1n) is 14.2. The number of carbonyl (C=O) groups excluding carboxylic acids is 4. The van der Waals surface area contributed by atoms with Crippen LogP contribution >= 0.6 is 0 Å². The van der Waals surface area contributed by atoms with Crippen LogP contribution in [-0.4, -0.2) is 48.4 Å². The molecular weight excluding hydrogens is 518 g/mol. The minimum absolute atomic E-state index is 0.0147. The molecule has 0 radical (unpaired) electrons. The molecule has 8 nitrogen and oxygen atoms in total. The Kier molecular flexibility index (Phi) is 12.3. The second-order valence-corrected chi connectivity index (χ2v) is 10.8. The lowest BCUT2D eigenvalue weighted by molar-refractivity contribution is -0.155. The second kappa shape index (κ2) is 16.2. The number of rotatable bonds is 7. The van der Waals surface area contributed by atoms with Crippen molar-refractivity contribution in [2.24, 2.45) is 11.8 Å². The molecule has 2 unspecified atom stereocenters. The summed E-state index contributed by atoms with van der Waals surface area (Å²) in [5.41, 5.74) is 1.91. The first kappa shape index (κ1) is 31.3. The van der Waals surface area contributed by atoms with E-state index in [1.54, 1.807) is 6.08 Å². The Labute approximate surface area is 242 Å². The number of nitrogens with one attached hydrogen (secondary N) is 3. The monoisotopic (exact) mass is 559 g/mol. The van der Waals surface area contributed by atoms with Crippen LogP contribution in [0.5, 0.6) is 0 Å². The Balaban J connectivity index is 1.84. The van der Waals surface area contributed by atoms with Crippen LogP contribution in [0.3, 0.4) is 0 Å². The van der Waals surface area contributed by atoms with Crippen molar-refractivity contribution in [1.82, 2.24) is 16.0 Å². The topological polar surface area (TPSA) is 114 Å². The average molecular weight is 560 g/mol. The molecule has 2 aromatic rings. The van der Waals surface area contributed by atoms with Crippen molar-refractivity contribution in [3.05, 3.63) is 90.0 Å². The summed E-state index contributed by atoms with van der Waals surface area (Å²) in [4.78, 5) is 51.9. The van der Waals surface area contributed by atoms with Crippen molar-refractivity contribution in [2.75, 3.05) is 6.54 Å². The molecule has 3 N–H and O–H groups in total. The second-order valence-electron chi connectivity index (χ2n) is 10.8. The van der Waals surface area contributed by atoms with E-state index in [4.69, 9.17) is 4.74 Å². The Hall–Kier alpha value is -4.20. The van der Waals surface area contributed by atoms with Crippen molar-refractivity contribution < 1.29 is 23.9 Å². The van der Waals surface area contributed by atoms with Gasteiger partial charge in [-0.05, 0) is 29.5 Å². The van der Waals surface area contributed by atoms with E-state index in [9.17, 15) is 19.2 Å². The van der Waals surface area contributed by atoms with Gasteiger partial charge in [0.1, 0.15) is 18.2 Å². The minimum Gasteiger partial charge on any atom is -0.460 e. The molecule has 1 aliphatic rings. The van der Waals surface area contributed by atoms with Gasteiger partial charge in [-0.3, -0.25) is 14.4 Å². The van der Waals surface area contributed by atoms with Gasteiger partial charge in [-0.1, -0.05) is 99.7 Å². The predicted octanol–water partition coefficient (Wildman–Crippen LogP) is 3.97. The fourth-order valence-electron chi connectivity index (χ4n) is 4.51. The summed E-state index contributed by atoms with van der Waals surface area (Å²) in [5.74, 6) is -1.74. The molecule has 41 heavy (non-hydrogen) atoms. The van der Waals surface area contributed by atoms with Crippen LogP contribution in [0.15, 0.2) is 78.9 Å². The van der Waals surface area contributed by atoms with Crippen LogP contribution in [0.2, 0.25) is 0 Å². The fraction of sp³-hybridized carbons (Fsp3) is 0.394. The number of benzene rings is 2. The smallest absolute Gasteiger partial charge is 0.328 e. The summed E-state index contributed by atoms with van der Waals surface area (Å²) in [7, 11) is 0. The quantitative estimate of drug-likeness (QED) is 0.445. The summed E-state index contributed by atoms with van der Waals surface area (Å²) >= 11 is 0. The molecule has 4 atom stereocenters. The zero-order valence-electron chi connectivity index (χ0n) is 24.0. The molecule has 0 bridgehead atoms. The summed E-state index contributed by atoms with van der Waals surface area (Å²) in [6, 6.07) is 17.6. The molecule has 3 rings (SSSR count). The van der Waals surface area contributed by atoms with E-state index in [1.165, 1.54) is 6.08 Å². The van der Waals surface area contributed by atoms with Gasteiger partial charge < -0.3 is 20.7 Å². The van der Waals surface area contributed by atoms with Gasteiger partial charge in [-0.25, -0.2) is 4.79 Å². The van der Waals surface area contributed by atoms with Crippen molar-refractivity contribution >= 4 is 29.8 Å². The maximum Gasteiger partial charge on any atom is 0.328 e. The van der Waals surface area contributed by atoms with E-state index in [-0.39, 0.29) is 43.0 Å². The highest BCUT2D eigenvalue weighted by atomic mass is 16.5. The molecule has 0 saturated heterocycles. The highest BCUT2D eigenvalue weighted by Gasteiger charge is 2.28. The van der Waals surface area contributed by atoms with Gasteiger partial charge in [0.15, 0.2) is 0 Å². The molecule has 0 fully saturated rings. The Morgan fingerprint density at radius 1 is 0.902 bits per heavy atom. The summed E-state index contributed by atoms with van der Waals surface area (Å²) in [5, 5.41) is 8.32. The van der Waals surface area contributed by atoms with E-state index in [2.05, 4.69) is 16.0 Å². The first-order valence-corrected chi connectivity index (χ1v) is 14.2. The van der Waals surface area contributed by atoms with Gasteiger partial charge in [0.25, 0.3) is 0 Å². The lowest BCUT2D eigenvalue weighted by atomic mass is 9.99. The molecule has 1 aliphatic heterocycles. The van der Waals surface area contributed by atoms with E-state index in [1.807, 2.05) is 93.6 Å². The van der Waals surface area contributed by atoms with Gasteiger partial charge in [0.05, 0.1) is 0 Å². The number of amides is 3. The molecule has 2 aromatic carbocycles. The molecule has 0 aliphatic carbocycles. The zero-order valence-corrected chi connectivity index (χ0v) is 24.0. The number of cyclic esters (lactones) is 1. The van der Waals surface area contributed by atoms with E-state index >= 15 is 0 Å². The number of carbonyl (C=O) groups is 4. The molecular formula is C33H41N3O5. The molecule has 3 amide bonds. The standard InChI is InChI=1S/C33H41N3O5/c1-23(2)21-28-33(40)41-29(24(3)17-18-25-11-6-4-7-12-25)15-10-16-30(37)35-27(22-26-13-8-5-9-14-26)32(39)34-20-19-31(38)36-28/h4-14,16-18,23-24,27-29H,15,19-22H2,1-3H3,(H,34,39)(H,35,37)(H,36,38)/b16-10+,18-17+/t24-,27-,28?,29?/m1/s1. The highest BCUT2D eigenvalue weighted by Crippen LogP contribution is 2.18. The van der Waals surface area contributed by atoms with Crippen molar-refractivity contribution in [2.45, 2.75) is 64.6 Å². The SMILES string of the molecule is CC(C)CC1NC(=O)CCNC(=O)[C@@H](Cc2ccccc2)NC(=O)/C=C/CC([C@H](C)/C=C/c2ccccc2)OC1=O. The number of hydrogen-bond acceptors (Lipinski definition) is 5. The van der Waals surface area contributed by atoms with Gasteiger partial charge in [0.2, 0.25) is 17.7 Å². The van der Waals surface area contributed by atoms with Crippen molar-refractivity contribution in [3.8, 4) is 0 Å². The number of ether oxygens (including phenoxy) is 1. The van der Waals surface area contributed by atoms with Gasteiger partial charge in [0, 0.05) is 31.7 Å². The van der Waals surface area contributed by atoms with Gasteiger partial charge >= 0.3 is 5.97 Å². The first-order chi connectivity index (χ1) is 19.7. The van der Waals surface area contributed by atoms with E-state index < -0.39 is 30.1 Å². The lowest BCUT2D eigenvalue weighted by Gasteiger charge is -2.26. The van der Waals surface area contributed by atoms with Crippen LogP contribution in [0.4, 0.5) is 0 Å². The molecule has 1 heterocycles. The molecule has 8 heteroatoms. The predicted molar refractivity (Wildman–Crippen MR) is 159 cm³/mol. The number of esters is 1. The van der Waals surface area contributed by atoms with E-state index in [0.29, 0.717) is 12.8 Å². The summed E-state index contributed by atoms with van der Waals surface area (Å²) in [6.45, 7) is 5.94. The Morgan fingerprint density at radius 3 is 2.27 bits per heavy atom. The summed E-state index contributed by atoms with van der Waals surface area (Å²) in [6.07, 6.45) is 7.36. The third-order valence-electron chi connectivity index (χ3n) is 6.78. The van der Waals surface area contributed by atoms with Crippen LogP contribution in [-0.2, 0) is 30.3 Å². The van der Waals surface area contributed by atoms with Gasteiger partial charge in [-0.2, -0.15) is 0 Å². The minimum atomic E-state index is -0.822. The molecule has 0 spiro atoms. The van der Waals surface area contributed by atoms with Gasteiger partial charge in [-0.15, -0.1) is 0 Å². The van der Waals surface area contributed by atoms with Crippen LogP contribution in [0.1, 0.15) is 51.2 Å². The highest BCUT2D eigenvalue weighted by molar-refractivity contribution is 5.93. The average Bonchev–Trinajstić information content (AvgIpc) is 2.95. The third-order valence-corrected chi connectivity index (χ3v) is 6.78. The maximum absolute atomic E-state index is 13.3. The number of hydrogen-bond donors (Lipinski definition) is 3. The fourth-order valence-corrected chi connectivity index (χ4v) is 4.51. The third kappa shape index (κ3) is 11.1. The normalized spacial score (nSPS) is 22.9. The van der Waals surface area contributed by atoms with Crippen molar-refractivity contribution in [1.29, 1.82) is 0 Å². The van der Waals surface area contributed by atoms with Crippen LogP contribution in [0, 0.1) is 11.8 Å². The molecule has 218 valence electrons. The van der Waals surface area contributed by atoms with E-state index in [0.717, 1.165) is 11.1 Å². The largest absolute Gasteiger partial charge is 0.460 e. The van der Waals surface area contributed by atoms with Crippen LogP contribution < -0.4 is 16.0 Å². The van der Waals surface area contributed by atoms with Crippen molar-refractivity contribution in [3.63, 3.8) is 0 Å². The lowest BCUT2D eigenvalue weighted by Crippen LogP contribution is -2.49. The molecule has 0 saturated carbocycles. The van der Waals surface area contributed by atoms with Crippen LogP contribution in [0.25, 0.3) is 6.08 Å². The maximum atomic E-state index is 13.3. The Morgan fingerprint density at radius 2 is 1.59 bits per heavy atom. The summed E-state index contributed by atoms with van der Waals surface area (Å²) < 4.78 is 5.96. The zero-order chi connectivity index (χ0) is 29.6. The Bertz CT molecular complexity index is 1210. The molecule has 0 aromatic heterocycles.